The number of piperazine rings is 1. The van der Waals surface area contributed by atoms with Crippen molar-refractivity contribution >= 4 is 18.0 Å². The van der Waals surface area contributed by atoms with Gasteiger partial charge < -0.3 is 29.9 Å². The zero-order chi connectivity index (χ0) is 22.5. The van der Waals surface area contributed by atoms with Gasteiger partial charge in [0.1, 0.15) is 0 Å². The summed E-state index contributed by atoms with van der Waals surface area (Å²) in [5, 5.41) is 13.8. The Morgan fingerprint density at radius 2 is 1.59 bits per heavy atom. The largest absolute Gasteiger partial charge is 0.453 e. The van der Waals surface area contributed by atoms with E-state index in [-0.39, 0.29) is 47.4 Å². The van der Waals surface area contributed by atoms with E-state index in [4.69, 9.17) is 4.74 Å². The average molecular weight is 449 g/mol. The highest BCUT2D eigenvalue weighted by atomic mass is 16.5. The molecule has 4 amide bonds. The molecular formula is C23H36N4O5. The zero-order valence-corrected chi connectivity index (χ0v) is 19.0. The van der Waals surface area contributed by atoms with E-state index in [1.165, 1.54) is 7.11 Å². The topological polar surface area (TPSA) is 102 Å². The van der Waals surface area contributed by atoms with E-state index < -0.39 is 0 Å². The number of piperidine rings is 1. The minimum atomic E-state index is -0.352. The van der Waals surface area contributed by atoms with Gasteiger partial charge in [0.15, 0.2) is 0 Å². The standard InChI is InChI=1S/C23H36N4O5/c1-32-22(31)26-7-5-25(6-8-26)21(30)27-4-2-3-18(14-27)24-20(29)23-11-15-9-16(12-23)19(28)17(10-15)13-23/h15-19,28H,2-14H2,1H3,(H,24,29)/t15?,16?,17?,18-,19?,23?/m0/s1. The van der Waals surface area contributed by atoms with Crippen LogP contribution in [0, 0.1) is 23.2 Å². The van der Waals surface area contributed by atoms with Crippen molar-refractivity contribution in [3.05, 3.63) is 0 Å². The third-order valence-corrected chi connectivity index (χ3v) is 8.72. The summed E-state index contributed by atoms with van der Waals surface area (Å²) in [7, 11) is 1.37. The Labute approximate surface area is 189 Å². The summed E-state index contributed by atoms with van der Waals surface area (Å²) in [5.74, 6) is 1.28. The number of carbonyl (C=O) groups is 3. The van der Waals surface area contributed by atoms with Crippen molar-refractivity contribution in [2.75, 3.05) is 46.4 Å². The number of likely N-dealkylation sites (tertiary alicyclic amines) is 1. The molecule has 0 spiro atoms. The third kappa shape index (κ3) is 3.82. The fraction of sp³-hybridized carbons (Fsp3) is 0.870. The minimum absolute atomic E-state index is 0.00797. The normalized spacial score (nSPS) is 38.6. The number of aliphatic hydroxyl groups is 1. The van der Waals surface area contributed by atoms with E-state index in [0.29, 0.717) is 45.2 Å². The van der Waals surface area contributed by atoms with Crippen molar-refractivity contribution in [2.45, 2.75) is 57.1 Å². The Hall–Kier alpha value is -2.03. The molecule has 6 aliphatic rings. The second kappa shape index (κ2) is 8.39. The van der Waals surface area contributed by atoms with Crippen molar-refractivity contribution < 1.29 is 24.2 Å². The van der Waals surface area contributed by atoms with Gasteiger partial charge >= 0.3 is 12.1 Å². The summed E-state index contributed by atoms with van der Waals surface area (Å²) >= 11 is 0. The van der Waals surface area contributed by atoms with Crippen LogP contribution >= 0.6 is 0 Å². The number of hydrogen-bond donors (Lipinski definition) is 2. The first kappa shape index (κ1) is 21.8. The van der Waals surface area contributed by atoms with Crippen LogP contribution < -0.4 is 5.32 Å². The third-order valence-electron chi connectivity index (χ3n) is 8.72. The summed E-state index contributed by atoms with van der Waals surface area (Å²) < 4.78 is 4.77. The highest BCUT2D eigenvalue weighted by molar-refractivity contribution is 5.83. The Kier molecular flexibility index (Phi) is 5.72. The van der Waals surface area contributed by atoms with E-state index in [2.05, 4.69) is 5.32 Å². The summed E-state index contributed by atoms with van der Waals surface area (Å²) in [5.41, 5.74) is -0.313. The fourth-order valence-electron chi connectivity index (χ4n) is 7.29. The second-order valence-electron chi connectivity index (χ2n) is 10.7. The predicted octanol–water partition coefficient (Wildman–Crippen LogP) is 1.26. The molecule has 2 unspecified atom stereocenters. The smallest absolute Gasteiger partial charge is 0.409 e. The number of amides is 4. The molecule has 2 heterocycles. The molecule has 4 bridgehead atoms. The molecule has 9 nitrogen and oxygen atoms in total. The van der Waals surface area contributed by atoms with Crippen LogP contribution in [0.3, 0.4) is 0 Å². The van der Waals surface area contributed by atoms with Gasteiger partial charge in [-0.05, 0) is 62.7 Å². The Bertz CT molecular complexity index is 751. The predicted molar refractivity (Wildman–Crippen MR) is 116 cm³/mol. The molecule has 9 heteroatoms. The van der Waals surface area contributed by atoms with Gasteiger partial charge in [0.25, 0.3) is 0 Å². The highest BCUT2D eigenvalue weighted by Gasteiger charge is 2.58. The Morgan fingerprint density at radius 3 is 2.25 bits per heavy atom. The van der Waals surface area contributed by atoms with Crippen LogP contribution in [0.1, 0.15) is 44.9 Å². The maximum absolute atomic E-state index is 13.4. The van der Waals surface area contributed by atoms with E-state index in [1.807, 2.05) is 4.90 Å². The molecule has 178 valence electrons. The molecule has 3 atom stereocenters. The molecule has 0 aromatic rings. The molecule has 4 aliphatic carbocycles. The maximum atomic E-state index is 13.4. The first-order valence-corrected chi connectivity index (χ1v) is 12.2. The van der Waals surface area contributed by atoms with Crippen molar-refractivity contribution in [3.8, 4) is 0 Å². The van der Waals surface area contributed by atoms with Crippen molar-refractivity contribution in [2.24, 2.45) is 23.2 Å². The van der Waals surface area contributed by atoms with Crippen LogP contribution in [0.4, 0.5) is 9.59 Å². The van der Waals surface area contributed by atoms with Gasteiger partial charge in [0.2, 0.25) is 5.91 Å². The number of methoxy groups -OCH3 is 1. The molecule has 0 radical (unpaired) electrons. The molecule has 2 aliphatic heterocycles. The highest BCUT2D eigenvalue weighted by Crippen LogP contribution is 2.60. The number of carbonyl (C=O) groups excluding carboxylic acids is 3. The van der Waals surface area contributed by atoms with Gasteiger partial charge in [-0.3, -0.25) is 4.79 Å². The zero-order valence-electron chi connectivity index (χ0n) is 19.0. The van der Waals surface area contributed by atoms with E-state index >= 15 is 0 Å². The number of nitrogens with zero attached hydrogens (tertiary/aromatic N) is 3. The number of urea groups is 1. The van der Waals surface area contributed by atoms with Crippen LogP contribution in [0.2, 0.25) is 0 Å². The molecule has 6 fully saturated rings. The average Bonchev–Trinajstić information content (AvgIpc) is 2.81. The summed E-state index contributed by atoms with van der Waals surface area (Å²) in [4.78, 5) is 43.4. The second-order valence-corrected chi connectivity index (χ2v) is 10.7. The summed E-state index contributed by atoms with van der Waals surface area (Å²) in [6.45, 7) is 3.19. The van der Waals surface area contributed by atoms with Gasteiger partial charge in [0, 0.05) is 45.3 Å². The number of hydrogen-bond acceptors (Lipinski definition) is 5. The van der Waals surface area contributed by atoms with Crippen LogP contribution in [0.5, 0.6) is 0 Å². The van der Waals surface area contributed by atoms with E-state index in [1.54, 1.807) is 9.80 Å². The van der Waals surface area contributed by atoms with Crippen molar-refractivity contribution in [3.63, 3.8) is 0 Å². The number of rotatable bonds is 2. The lowest BCUT2D eigenvalue weighted by Crippen LogP contribution is -2.61. The molecule has 0 aromatic carbocycles. The van der Waals surface area contributed by atoms with Gasteiger partial charge in [-0.1, -0.05) is 0 Å². The van der Waals surface area contributed by atoms with Gasteiger partial charge in [0.05, 0.1) is 18.6 Å². The van der Waals surface area contributed by atoms with E-state index in [0.717, 1.165) is 44.9 Å². The Morgan fingerprint density at radius 1 is 0.938 bits per heavy atom. The molecule has 4 saturated carbocycles. The molecular weight excluding hydrogens is 412 g/mol. The fourth-order valence-corrected chi connectivity index (χ4v) is 7.29. The number of ether oxygens (including phenoxy) is 1. The molecule has 6 rings (SSSR count). The monoisotopic (exact) mass is 448 g/mol. The molecule has 2 N–H and O–H groups in total. The van der Waals surface area contributed by atoms with Gasteiger partial charge in [-0.25, -0.2) is 9.59 Å². The number of nitrogens with one attached hydrogen (secondary N) is 1. The summed E-state index contributed by atoms with van der Waals surface area (Å²) in [6, 6.07) is -0.0270. The first-order chi connectivity index (χ1) is 15.4. The van der Waals surface area contributed by atoms with Crippen molar-refractivity contribution in [1.29, 1.82) is 0 Å². The lowest BCUT2D eigenvalue weighted by Gasteiger charge is -2.58. The summed E-state index contributed by atoms with van der Waals surface area (Å²) in [6.07, 6.45) is 5.91. The van der Waals surface area contributed by atoms with Crippen LogP contribution in [0.25, 0.3) is 0 Å². The molecule has 32 heavy (non-hydrogen) atoms. The van der Waals surface area contributed by atoms with Crippen LogP contribution in [-0.4, -0.2) is 96.4 Å². The Balaban J connectivity index is 1.16. The van der Waals surface area contributed by atoms with Crippen LogP contribution in [0.15, 0.2) is 0 Å². The molecule has 2 saturated heterocycles. The van der Waals surface area contributed by atoms with Gasteiger partial charge in [-0.2, -0.15) is 0 Å². The van der Waals surface area contributed by atoms with Gasteiger partial charge in [-0.15, -0.1) is 0 Å². The maximum Gasteiger partial charge on any atom is 0.409 e. The first-order valence-electron chi connectivity index (χ1n) is 12.2. The molecule has 0 aromatic heterocycles. The lowest BCUT2D eigenvalue weighted by atomic mass is 9.48. The minimum Gasteiger partial charge on any atom is -0.453 e. The quantitative estimate of drug-likeness (QED) is 0.662. The number of aliphatic hydroxyl groups excluding tert-OH is 1. The van der Waals surface area contributed by atoms with Crippen LogP contribution in [-0.2, 0) is 9.53 Å². The SMILES string of the molecule is COC(=O)N1CCN(C(=O)N2CCC[C@H](NC(=O)C34CC5CC(C3)C(O)C(C5)C4)C2)CC1. The van der Waals surface area contributed by atoms with E-state index in [9.17, 15) is 19.5 Å². The van der Waals surface area contributed by atoms with Crippen molar-refractivity contribution in [1.82, 2.24) is 20.0 Å². The lowest BCUT2D eigenvalue weighted by molar-refractivity contribution is -0.163.